The SMILES string of the molecule is C[Si](C)(C)ON([Si](C)(C)C)[Si](F)(F)c1ccccc1. The fourth-order valence-electron chi connectivity index (χ4n) is 1.65. The zero-order chi connectivity index (χ0) is 14.9. The number of halogens is 2. The molecule has 0 aliphatic rings. The van der Waals surface area contributed by atoms with Gasteiger partial charge in [-0.3, -0.25) is 0 Å². The fraction of sp³-hybridized carbons (Fsp3) is 0.500. The molecule has 0 radical (unpaired) electrons. The minimum Gasteiger partial charge on any atom is -0.352 e. The predicted molar refractivity (Wildman–Crippen MR) is 83.7 cm³/mol. The lowest BCUT2D eigenvalue weighted by atomic mass is 10.4. The molecule has 0 saturated heterocycles. The number of rotatable bonds is 5. The lowest BCUT2D eigenvalue weighted by Gasteiger charge is -2.41. The van der Waals surface area contributed by atoms with E-state index in [0.717, 1.165) is 4.39 Å². The highest BCUT2D eigenvalue weighted by Crippen LogP contribution is 2.25. The van der Waals surface area contributed by atoms with Crippen molar-refractivity contribution in [2.75, 3.05) is 0 Å². The summed E-state index contributed by atoms with van der Waals surface area (Å²) in [5.41, 5.74) is 0. The molecule has 19 heavy (non-hydrogen) atoms. The second kappa shape index (κ2) is 5.57. The fourth-order valence-corrected chi connectivity index (χ4v) is 9.98. The quantitative estimate of drug-likeness (QED) is 0.466. The van der Waals surface area contributed by atoms with Gasteiger partial charge in [-0.1, -0.05) is 50.0 Å². The van der Waals surface area contributed by atoms with Crippen molar-refractivity contribution in [1.82, 2.24) is 4.39 Å². The standard InChI is InChI=1S/C12H23F2NOSi3/c1-17(2,3)15(16-18(4,5)6)19(13,14)12-10-8-7-9-11-12/h7-11H,1-6H3. The summed E-state index contributed by atoms with van der Waals surface area (Å²) in [4.78, 5) is 0. The van der Waals surface area contributed by atoms with Gasteiger partial charge in [0.15, 0.2) is 0 Å². The Bertz CT molecular complexity index is 415. The molecule has 0 heterocycles. The average molecular weight is 320 g/mol. The van der Waals surface area contributed by atoms with Crippen molar-refractivity contribution in [2.24, 2.45) is 0 Å². The topological polar surface area (TPSA) is 12.5 Å². The summed E-state index contributed by atoms with van der Waals surface area (Å²) >= 11 is 0. The molecule has 2 nitrogen and oxygen atoms in total. The molecule has 7 heteroatoms. The largest absolute Gasteiger partial charge is 0.555 e. The first-order chi connectivity index (χ1) is 8.44. The van der Waals surface area contributed by atoms with E-state index in [2.05, 4.69) is 0 Å². The molecule has 0 aliphatic heterocycles. The van der Waals surface area contributed by atoms with E-state index in [1.165, 1.54) is 12.1 Å². The van der Waals surface area contributed by atoms with Gasteiger partial charge in [-0.15, -0.1) is 0 Å². The summed E-state index contributed by atoms with van der Waals surface area (Å²) in [7, 11) is -9.06. The normalized spacial score (nSPS) is 13.9. The highest BCUT2D eigenvalue weighted by molar-refractivity contribution is 6.91. The van der Waals surface area contributed by atoms with Crippen LogP contribution in [0.5, 0.6) is 0 Å². The van der Waals surface area contributed by atoms with E-state index in [4.69, 9.17) is 4.53 Å². The van der Waals surface area contributed by atoms with E-state index >= 15 is 0 Å². The Labute approximate surface area is 118 Å². The van der Waals surface area contributed by atoms with Gasteiger partial charge >= 0.3 is 8.90 Å². The van der Waals surface area contributed by atoms with Gasteiger partial charge in [0.05, 0.1) is 0 Å². The van der Waals surface area contributed by atoms with E-state index in [-0.39, 0.29) is 5.19 Å². The van der Waals surface area contributed by atoms with Gasteiger partial charge < -0.3 is 4.53 Å². The molecule has 0 fully saturated rings. The lowest BCUT2D eigenvalue weighted by molar-refractivity contribution is 0.0715. The van der Waals surface area contributed by atoms with Crippen LogP contribution in [0.25, 0.3) is 0 Å². The zero-order valence-electron chi connectivity index (χ0n) is 12.5. The van der Waals surface area contributed by atoms with Crippen molar-refractivity contribution in [1.29, 1.82) is 0 Å². The smallest absolute Gasteiger partial charge is 0.352 e. The highest BCUT2D eigenvalue weighted by Gasteiger charge is 2.53. The summed E-state index contributed by atoms with van der Waals surface area (Å²) in [6.45, 7) is 11.5. The molecule has 0 atom stereocenters. The van der Waals surface area contributed by atoms with E-state index in [9.17, 15) is 8.22 Å². The molecule has 1 aromatic rings. The molecule has 0 aromatic heterocycles. The first-order valence-corrected chi connectivity index (χ1v) is 14.9. The molecule has 0 amide bonds. The predicted octanol–water partition coefficient (Wildman–Crippen LogP) is 3.67. The highest BCUT2D eigenvalue weighted by atomic mass is 28.5. The third-order valence-electron chi connectivity index (χ3n) is 2.35. The van der Waals surface area contributed by atoms with Crippen LogP contribution in [0.2, 0.25) is 39.3 Å². The van der Waals surface area contributed by atoms with Crippen molar-refractivity contribution in [3.8, 4) is 0 Å². The van der Waals surface area contributed by atoms with Crippen molar-refractivity contribution in [3.63, 3.8) is 0 Å². The van der Waals surface area contributed by atoms with Crippen LogP contribution in [0.3, 0.4) is 0 Å². The number of nitrogens with zero attached hydrogens (tertiary/aromatic N) is 1. The maximum absolute atomic E-state index is 14.8. The molecule has 0 bridgehead atoms. The first-order valence-electron chi connectivity index (χ1n) is 6.37. The second-order valence-electron chi connectivity index (χ2n) is 6.58. The lowest BCUT2D eigenvalue weighted by Crippen LogP contribution is -2.67. The van der Waals surface area contributed by atoms with Gasteiger partial charge in [-0.05, 0) is 19.6 Å². The second-order valence-corrected chi connectivity index (χ2v) is 18.2. The maximum atomic E-state index is 14.8. The molecule has 108 valence electrons. The third kappa shape index (κ3) is 4.60. The third-order valence-corrected chi connectivity index (χ3v) is 9.24. The molecule has 0 saturated carbocycles. The van der Waals surface area contributed by atoms with E-state index < -0.39 is 25.5 Å². The Morgan fingerprint density at radius 1 is 0.895 bits per heavy atom. The Kier molecular flexibility index (Phi) is 4.89. The van der Waals surface area contributed by atoms with Crippen molar-refractivity contribution < 1.29 is 12.7 Å². The summed E-state index contributed by atoms with van der Waals surface area (Å²) < 4.78 is 36.6. The van der Waals surface area contributed by atoms with Crippen molar-refractivity contribution in [3.05, 3.63) is 30.3 Å². The maximum Gasteiger partial charge on any atom is 0.555 e. The van der Waals surface area contributed by atoms with Crippen LogP contribution in [0.15, 0.2) is 30.3 Å². The van der Waals surface area contributed by atoms with E-state index in [0.29, 0.717) is 0 Å². The molecule has 0 aliphatic carbocycles. The summed E-state index contributed by atoms with van der Waals surface area (Å²) in [6.07, 6.45) is 0. The van der Waals surface area contributed by atoms with Gasteiger partial charge in [-0.25, -0.2) is 8.22 Å². The van der Waals surface area contributed by atoms with Crippen LogP contribution < -0.4 is 5.19 Å². The van der Waals surface area contributed by atoms with Crippen LogP contribution in [0, 0.1) is 0 Å². The van der Waals surface area contributed by atoms with Crippen molar-refractivity contribution >= 4 is 30.6 Å². The molecule has 0 unspecified atom stereocenters. The van der Waals surface area contributed by atoms with E-state index in [1.807, 2.05) is 39.3 Å². The van der Waals surface area contributed by atoms with Gasteiger partial charge in [0, 0.05) is 5.19 Å². The summed E-state index contributed by atoms with van der Waals surface area (Å²) in [5, 5.41) is 0.121. The molecular weight excluding hydrogens is 296 g/mol. The van der Waals surface area contributed by atoms with Crippen LogP contribution in [-0.4, -0.2) is 29.9 Å². The minimum absolute atomic E-state index is 0.121. The van der Waals surface area contributed by atoms with E-state index in [1.54, 1.807) is 18.2 Å². The summed E-state index contributed by atoms with van der Waals surface area (Å²) in [6, 6.07) is 8.09. The first kappa shape index (κ1) is 16.7. The number of hydrogen-bond acceptors (Lipinski definition) is 2. The van der Waals surface area contributed by atoms with Gasteiger partial charge in [0.1, 0.15) is 8.24 Å². The molecule has 0 spiro atoms. The minimum atomic E-state index is -4.75. The molecule has 1 rings (SSSR count). The Morgan fingerprint density at radius 2 is 1.37 bits per heavy atom. The van der Waals surface area contributed by atoms with Crippen LogP contribution in [-0.2, 0) is 4.53 Å². The Balaban J connectivity index is 3.17. The number of benzene rings is 1. The Hall–Kier alpha value is -0.349. The molecule has 1 aromatic carbocycles. The van der Waals surface area contributed by atoms with Gasteiger partial charge in [0.2, 0.25) is 8.32 Å². The Morgan fingerprint density at radius 3 is 1.74 bits per heavy atom. The molecule has 0 N–H and O–H groups in total. The molecular formula is C12H23F2NOSi3. The zero-order valence-corrected chi connectivity index (χ0v) is 15.5. The van der Waals surface area contributed by atoms with Crippen LogP contribution in [0.1, 0.15) is 0 Å². The van der Waals surface area contributed by atoms with Gasteiger partial charge in [-0.2, -0.15) is 4.39 Å². The van der Waals surface area contributed by atoms with Gasteiger partial charge in [0.25, 0.3) is 0 Å². The average Bonchev–Trinajstić information content (AvgIpc) is 2.24. The van der Waals surface area contributed by atoms with Crippen molar-refractivity contribution in [2.45, 2.75) is 39.3 Å². The summed E-state index contributed by atoms with van der Waals surface area (Å²) in [5.74, 6) is 0. The monoisotopic (exact) mass is 319 g/mol. The van der Waals surface area contributed by atoms with Crippen LogP contribution >= 0.6 is 0 Å². The number of hydrogen-bond donors (Lipinski definition) is 0. The van der Waals surface area contributed by atoms with Crippen LogP contribution in [0.4, 0.5) is 8.22 Å².